The lowest BCUT2D eigenvalue weighted by Gasteiger charge is -2.10. The third-order valence-corrected chi connectivity index (χ3v) is 3.65. The van der Waals surface area contributed by atoms with Crippen LogP contribution >= 0.6 is 0 Å². The number of rotatable bonds is 3. The molecular formula is C17H10F3N3O4. The lowest BCUT2D eigenvalue weighted by atomic mass is 10.1. The summed E-state index contributed by atoms with van der Waals surface area (Å²) in [6, 6.07) is 8.86. The van der Waals surface area contributed by atoms with E-state index in [0.717, 1.165) is 18.2 Å². The normalized spacial score (nSPS) is 11.4. The molecule has 0 aliphatic heterocycles. The number of benzene rings is 2. The summed E-state index contributed by atoms with van der Waals surface area (Å²) in [6.45, 7) is 0. The van der Waals surface area contributed by atoms with Crippen LogP contribution in [-0.2, 0) is 6.18 Å². The molecule has 138 valence electrons. The van der Waals surface area contributed by atoms with Gasteiger partial charge in [0.2, 0.25) is 5.55 Å². The Morgan fingerprint density at radius 1 is 1.15 bits per heavy atom. The largest absolute Gasteiger partial charge is 0.438 e. The highest BCUT2D eigenvalue weighted by Crippen LogP contribution is 2.30. The molecule has 2 aromatic carbocycles. The highest BCUT2D eigenvalue weighted by atomic mass is 19.4. The molecule has 0 unspecified atom stereocenters. The summed E-state index contributed by atoms with van der Waals surface area (Å²) >= 11 is 0. The molecule has 0 saturated carbocycles. The standard InChI is InChI=1S/C17H10F3N3O4/c18-17(19,20)10-2-1-3-11(8-10)22-16(24)13-7-9-6-12(23(25)26)4-5-14(9)27-15(13)21/h1-8,21H,(H,22,24). The van der Waals surface area contributed by atoms with E-state index in [2.05, 4.69) is 5.32 Å². The Hall–Kier alpha value is -3.69. The quantitative estimate of drug-likeness (QED) is 0.529. The van der Waals surface area contributed by atoms with Crippen molar-refractivity contribution in [2.75, 3.05) is 5.32 Å². The molecule has 0 aliphatic rings. The molecule has 0 atom stereocenters. The zero-order valence-corrected chi connectivity index (χ0v) is 13.3. The number of non-ortho nitro benzene ring substituents is 1. The summed E-state index contributed by atoms with van der Waals surface area (Å²) in [5.41, 5.74) is -1.94. The number of amides is 1. The predicted molar refractivity (Wildman–Crippen MR) is 88.1 cm³/mol. The van der Waals surface area contributed by atoms with E-state index in [9.17, 15) is 28.1 Å². The molecule has 27 heavy (non-hydrogen) atoms. The smallest absolute Gasteiger partial charge is 0.416 e. The third-order valence-electron chi connectivity index (χ3n) is 3.65. The van der Waals surface area contributed by atoms with Gasteiger partial charge in [0.1, 0.15) is 11.1 Å². The molecule has 1 heterocycles. The van der Waals surface area contributed by atoms with E-state index in [0.29, 0.717) is 0 Å². The van der Waals surface area contributed by atoms with Gasteiger partial charge >= 0.3 is 6.18 Å². The first kappa shape index (κ1) is 18.1. The van der Waals surface area contributed by atoms with Crippen LogP contribution in [0, 0.1) is 15.5 Å². The predicted octanol–water partition coefficient (Wildman–Crippen LogP) is 4.09. The molecule has 0 saturated heterocycles. The van der Waals surface area contributed by atoms with Gasteiger partial charge in [0.25, 0.3) is 11.6 Å². The molecule has 7 nitrogen and oxygen atoms in total. The molecule has 0 aliphatic carbocycles. The van der Waals surface area contributed by atoms with Gasteiger partial charge in [-0.3, -0.25) is 20.3 Å². The molecule has 0 radical (unpaired) electrons. The molecule has 3 aromatic rings. The van der Waals surface area contributed by atoms with Gasteiger partial charge in [-0.05, 0) is 30.3 Å². The van der Waals surface area contributed by atoms with Crippen molar-refractivity contribution < 1.29 is 27.3 Å². The molecular weight excluding hydrogens is 367 g/mol. The molecule has 3 rings (SSSR count). The van der Waals surface area contributed by atoms with Crippen LogP contribution in [0.3, 0.4) is 0 Å². The SMILES string of the molecule is N=c1oc2ccc([N+](=O)[O-])cc2cc1C(=O)Nc1cccc(C(F)(F)F)c1. The maximum absolute atomic E-state index is 12.8. The first-order valence-electron chi connectivity index (χ1n) is 7.40. The topological polar surface area (TPSA) is 109 Å². The minimum Gasteiger partial charge on any atom is -0.438 e. The van der Waals surface area contributed by atoms with Gasteiger partial charge in [0.15, 0.2) is 0 Å². The van der Waals surface area contributed by atoms with Crippen molar-refractivity contribution in [2.45, 2.75) is 6.18 Å². The second-order valence-electron chi connectivity index (χ2n) is 5.50. The lowest BCUT2D eigenvalue weighted by Crippen LogP contribution is -2.21. The molecule has 0 fully saturated rings. The number of nitro benzene ring substituents is 1. The summed E-state index contributed by atoms with van der Waals surface area (Å²) in [7, 11) is 0. The van der Waals surface area contributed by atoms with E-state index in [1.807, 2.05) is 0 Å². The van der Waals surface area contributed by atoms with E-state index in [1.165, 1.54) is 30.3 Å². The van der Waals surface area contributed by atoms with Crippen molar-refractivity contribution >= 4 is 28.3 Å². The van der Waals surface area contributed by atoms with Gasteiger partial charge in [0.05, 0.1) is 10.5 Å². The fraction of sp³-hybridized carbons (Fsp3) is 0.0588. The van der Waals surface area contributed by atoms with Crippen LogP contribution in [-0.4, -0.2) is 10.8 Å². The number of nitrogens with one attached hydrogen (secondary N) is 2. The van der Waals surface area contributed by atoms with Crippen molar-refractivity contribution in [3.8, 4) is 0 Å². The van der Waals surface area contributed by atoms with Gasteiger partial charge in [-0.15, -0.1) is 0 Å². The fourth-order valence-electron chi connectivity index (χ4n) is 2.38. The molecule has 0 bridgehead atoms. The monoisotopic (exact) mass is 377 g/mol. The van der Waals surface area contributed by atoms with Crippen LogP contribution in [0.1, 0.15) is 15.9 Å². The average molecular weight is 377 g/mol. The minimum atomic E-state index is -4.57. The Morgan fingerprint density at radius 3 is 2.56 bits per heavy atom. The van der Waals surface area contributed by atoms with Crippen molar-refractivity contribution in [2.24, 2.45) is 0 Å². The first-order valence-corrected chi connectivity index (χ1v) is 7.40. The summed E-state index contributed by atoms with van der Waals surface area (Å²) < 4.78 is 43.4. The van der Waals surface area contributed by atoms with E-state index in [4.69, 9.17) is 9.83 Å². The highest BCUT2D eigenvalue weighted by molar-refractivity contribution is 6.05. The van der Waals surface area contributed by atoms with Crippen LogP contribution in [0.25, 0.3) is 11.0 Å². The van der Waals surface area contributed by atoms with Crippen molar-refractivity contribution in [3.05, 3.63) is 75.3 Å². The van der Waals surface area contributed by atoms with Crippen molar-refractivity contribution in [3.63, 3.8) is 0 Å². The van der Waals surface area contributed by atoms with Gasteiger partial charge in [0, 0.05) is 23.2 Å². The molecule has 0 spiro atoms. The van der Waals surface area contributed by atoms with E-state index < -0.39 is 28.1 Å². The summed E-state index contributed by atoms with van der Waals surface area (Å²) in [4.78, 5) is 22.6. The number of hydrogen-bond acceptors (Lipinski definition) is 5. The number of nitro groups is 1. The second kappa shape index (κ2) is 6.56. The Balaban J connectivity index is 1.97. The Morgan fingerprint density at radius 2 is 1.89 bits per heavy atom. The highest BCUT2D eigenvalue weighted by Gasteiger charge is 2.30. The number of nitrogens with zero attached hydrogens (tertiary/aromatic N) is 1. The Kier molecular flexibility index (Phi) is 4.40. The first-order chi connectivity index (χ1) is 12.6. The number of anilines is 1. The number of fused-ring (bicyclic) bond motifs is 1. The summed E-state index contributed by atoms with van der Waals surface area (Å²) in [6.07, 6.45) is -4.57. The Labute approximate surface area is 148 Å². The molecule has 2 N–H and O–H groups in total. The van der Waals surface area contributed by atoms with Crippen LogP contribution in [0.15, 0.2) is 52.9 Å². The maximum Gasteiger partial charge on any atom is 0.416 e. The van der Waals surface area contributed by atoms with Crippen LogP contribution < -0.4 is 10.9 Å². The van der Waals surface area contributed by atoms with Gasteiger partial charge < -0.3 is 9.73 Å². The second-order valence-corrected chi connectivity index (χ2v) is 5.50. The van der Waals surface area contributed by atoms with Gasteiger partial charge in [-0.2, -0.15) is 13.2 Å². The summed E-state index contributed by atoms with van der Waals surface area (Å²) in [5.74, 6) is -0.878. The molecule has 1 amide bonds. The van der Waals surface area contributed by atoms with E-state index in [-0.39, 0.29) is 27.9 Å². The number of alkyl halides is 3. The number of carbonyl (C=O) groups excluding carboxylic acids is 1. The fourth-order valence-corrected chi connectivity index (χ4v) is 2.38. The number of halogens is 3. The number of hydrogen-bond donors (Lipinski definition) is 2. The van der Waals surface area contributed by atoms with Crippen LogP contribution in [0.2, 0.25) is 0 Å². The van der Waals surface area contributed by atoms with Gasteiger partial charge in [-0.1, -0.05) is 6.07 Å². The average Bonchev–Trinajstić information content (AvgIpc) is 2.60. The third kappa shape index (κ3) is 3.78. The van der Waals surface area contributed by atoms with Crippen molar-refractivity contribution in [1.29, 1.82) is 5.41 Å². The summed E-state index contributed by atoms with van der Waals surface area (Å²) in [5, 5.41) is 21.1. The Bertz CT molecular complexity index is 1120. The van der Waals surface area contributed by atoms with Crippen LogP contribution in [0.5, 0.6) is 0 Å². The minimum absolute atomic E-state index is 0.117. The molecule has 10 heteroatoms. The zero-order chi connectivity index (χ0) is 19.8. The maximum atomic E-state index is 12.8. The number of carbonyl (C=O) groups is 1. The van der Waals surface area contributed by atoms with E-state index >= 15 is 0 Å². The van der Waals surface area contributed by atoms with Crippen LogP contribution in [0.4, 0.5) is 24.5 Å². The molecule has 1 aromatic heterocycles. The van der Waals surface area contributed by atoms with Gasteiger partial charge in [-0.25, -0.2) is 0 Å². The van der Waals surface area contributed by atoms with Crippen molar-refractivity contribution in [1.82, 2.24) is 0 Å². The van der Waals surface area contributed by atoms with E-state index in [1.54, 1.807) is 0 Å². The zero-order valence-electron chi connectivity index (χ0n) is 13.3. The lowest BCUT2D eigenvalue weighted by molar-refractivity contribution is -0.384.